The van der Waals surface area contributed by atoms with Gasteiger partial charge in [-0.2, -0.15) is 0 Å². The van der Waals surface area contributed by atoms with Crippen LogP contribution in [0.25, 0.3) is 0 Å². The predicted octanol–water partition coefficient (Wildman–Crippen LogP) is -0.148. The lowest BCUT2D eigenvalue weighted by molar-refractivity contribution is -0.0479. The number of aliphatic hydroxyl groups is 2. The normalized spacial score (nSPS) is 23.6. The van der Waals surface area contributed by atoms with E-state index in [1.165, 1.54) is 10.9 Å². The number of hydrogen-bond acceptors (Lipinski definition) is 8. The number of H-pyrrole nitrogens is 1. The highest BCUT2D eigenvalue weighted by Crippen LogP contribution is 2.37. The van der Waals surface area contributed by atoms with Crippen molar-refractivity contribution in [2.45, 2.75) is 31.1 Å². The van der Waals surface area contributed by atoms with E-state index >= 15 is 0 Å². The molecule has 11 nitrogen and oxygen atoms in total. The summed E-state index contributed by atoms with van der Waals surface area (Å²) in [7, 11) is 0. The van der Waals surface area contributed by atoms with Crippen LogP contribution in [0.3, 0.4) is 0 Å². The Hall–Kier alpha value is -2.99. The van der Waals surface area contributed by atoms with Gasteiger partial charge < -0.3 is 19.7 Å². The molecule has 158 valence electrons. The van der Waals surface area contributed by atoms with Gasteiger partial charge in [-0.15, -0.1) is 5.10 Å². The summed E-state index contributed by atoms with van der Waals surface area (Å²) < 4.78 is 13.8. The summed E-state index contributed by atoms with van der Waals surface area (Å²) in [6.45, 7) is -0.356. The zero-order chi connectivity index (χ0) is 21.3. The van der Waals surface area contributed by atoms with E-state index in [-0.39, 0.29) is 6.61 Å². The molecule has 0 aliphatic carbocycles. The third-order valence-corrected chi connectivity index (χ3v) is 4.96. The van der Waals surface area contributed by atoms with Crippen LogP contribution in [-0.2, 0) is 11.3 Å². The van der Waals surface area contributed by atoms with Crippen LogP contribution in [0, 0.1) is 0 Å². The number of aromatic nitrogens is 5. The molecule has 0 radical (unpaired) electrons. The topological polar surface area (TPSA) is 144 Å². The first-order chi connectivity index (χ1) is 14.5. The van der Waals surface area contributed by atoms with Gasteiger partial charge in [0.05, 0.1) is 12.8 Å². The molecule has 0 saturated carbocycles. The van der Waals surface area contributed by atoms with Crippen molar-refractivity contribution in [3.63, 3.8) is 0 Å². The Kier molecular flexibility index (Phi) is 5.68. The fourth-order valence-corrected chi connectivity index (χ4v) is 3.36. The third kappa shape index (κ3) is 4.00. The Morgan fingerprint density at radius 1 is 1.23 bits per heavy atom. The van der Waals surface area contributed by atoms with E-state index in [1.807, 2.05) is 0 Å². The fourth-order valence-electron chi connectivity index (χ4n) is 3.24. The van der Waals surface area contributed by atoms with E-state index in [1.54, 1.807) is 30.5 Å². The summed E-state index contributed by atoms with van der Waals surface area (Å²) in [5.41, 5.74) is -0.806. The van der Waals surface area contributed by atoms with E-state index in [0.29, 0.717) is 16.5 Å². The van der Waals surface area contributed by atoms with Crippen molar-refractivity contribution in [3.8, 4) is 5.75 Å². The average molecular weight is 436 g/mol. The Morgan fingerprint density at radius 3 is 2.70 bits per heavy atom. The Labute approximate surface area is 174 Å². The van der Waals surface area contributed by atoms with Crippen molar-refractivity contribution in [1.29, 1.82) is 0 Å². The van der Waals surface area contributed by atoms with Crippen LogP contribution in [0.5, 0.6) is 5.75 Å². The molecular weight excluding hydrogens is 418 g/mol. The highest BCUT2D eigenvalue weighted by molar-refractivity contribution is 6.30. The summed E-state index contributed by atoms with van der Waals surface area (Å²) >= 11 is 5.85. The number of aromatic amines is 1. The molecule has 3 N–H and O–H groups in total. The summed E-state index contributed by atoms with van der Waals surface area (Å²) in [5.74, 6) is 0.594. The zero-order valence-electron chi connectivity index (χ0n) is 15.5. The van der Waals surface area contributed by atoms with E-state index in [2.05, 4.69) is 15.3 Å². The Balaban J connectivity index is 1.57. The SMILES string of the molecule is O=c1ccn([C@@H]2O[C@H](CO)[C@@H](O)[C@H]2n2cc(COc3ccc(Cl)cc3)nn2)c(=O)[nH]1. The Morgan fingerprint density at radius 2 is 2.00 bits per heavy atom. The molecule has 0 amide bonds. The minimum Gasteiger partial charge on any atom is -0.487 e. The first-order valence-corrected chi connectivity index (χ1v) is 9.39. The van der Waals surface area contributed by atoms with Crippen LogP contribution in [0.4, 0.5) is 0 Å². The second-order valence-electron chi connectivity index (χ2n) is 6.68. The molecule has 3 heterocycles. The second-order valence-corrected chi connectivity index (χ2v) is 7.12. The van der Waals surface area contributed by atoms with E-state index in [9.17, 15) is 19.8 Å². The van der Waals surface area contributed by atoms with E-state index in [4.69, 9.17) is 21.1 Å². The third-order valence-electron chi connectivity index (χ3n) is 4.71. The number of benzene rings is 1. The van der Waals surface area contributed by atoms with Gasteiger partial charge in [-0.3, -0.25) is 14.3 Å². The van der Waals surface area contributed by atoms with Crippen LogP contribution in [-0.4, -0.2) is 53.6 Å². The fraction of sp³-hybridized carbons (Fsp3) is 0.333. The number of nitrogens with one attached hydrogen (secondary N) is 1. The van der Waals surface area contributed by atoms with Gasteiger partial charge in [0, 0.05) is 17.3 Å². The molecule has 3 aromatic rings. The predicted molar refractivity (Wildman–Crippen MR) is 103 cm³/mol. The van der Waals surface area contributed by atoms with Crippen molar-refractivity contribution in [2.75, 3.05) is 6.61 Å². The molecule has 0 unspecified atom stereocenters. The van der Waals surface area contributed by atoms with Crippen molar-refractivity contribution < 1.29 is 19.7 Å². The summed E-state index contributed by atoms with van der Waals surface area (Å²) in [6, 6.07) is 7.11. The second kappa shape index (κ2) is 8.40. The van der Waals surface area contributed by atoms with Crippen LogP contribution < -0.4 is 16.0 Å². The van der Waals surface area contributed by atoms with Gasteiger partial charge in [0.1, 0.15) is 36.3 Å². The lowest BCUT2D eigenvalue weighted by atomic mass is 10.1. The number of ether oxygens (including phenoxy) is 2. The lowest BCUT2D eigenvalue weighted by Gasteiger charge is -2.21. The maximum atomic E-state index is 12.2. The number of nitrogens with zero attached hydrogens (tertiary/aromatic N) is 4. The summed E-state index contributed by atoms with van der Waals surface area (Å²) in [5, 5.41) is 28.8. The molecule has 2 aromatic heterocycles. The zero-order valence-corrected chi connectivity index (χ0v) is 16.2. The first kappa shape index (κ1) is 20.3. The van der Waals surface area contributed by atoms with Crippen LogP contribution in [0.2, 0.25) is 5.02 Å². The molecule has 1 aliphatic heterocycles. The van der Waals surface area contributed by atoms with Crippen molar-refractivity contribution in [1.82, 2.24) is 24.5 Å². The monoisotopic (exact) mass is 435 g/mol. The van der Waals surface area contributed by atoms with Crippen molar-refractivity contribution in [2.24, 2.45) is 0 Å². The van der Waals surface area contributed by atoms with Crippen LogP contribution in [0.15, 0.2) is 52.3 Å². The molecule has 4 rings (SSSR count). The number of rotatable bonds is 6. The van der Waals surface area contributed by atoms with Crippen LogP contribution >= 0.6 is 11.6 Å². The first-order valence-electron chi connectivity index (χ1n) is 9.01. The van der Waals surface area contributed by atoms with Crippen molar-refractivity contribution in [3.05, 3.63) is 74.3 Å². The molecule has 0 bridgehead atoms. The Bertz CT molecular complexity index is 1130. The van der Waals surface area contributed by atoms with Gasteiger partial charge in [0.2, 0.25) is 0 Å². The highest BCUT2D eigenvalue weighted by atomic mass is 35.5. The number of hydrogen-bond donors (Lipinski definition) is 3. The molecule has 30 heavy (non-hydrogen) atoms. The smallest absolute Gasteiger partial charge is 0.330 e. The molecule has 1 saturated heterocycles. The van der Waals surface area contributed by atoms with Gasteiger partial charge >= 0.3 is 5.69 Å². The molecule has 4 atom stereocenters. The summed E-state index contributed by atoms with van der Waals surface area (Å²) in [4.78, 5) is 25.7. The molecule has 0 spiro atoms. The molecule has 1 fully saturated rings. The maximum absolute atomic E-state index is 12.2. The average Bonchev–Trinajstić information content (AvgIpc) is 3.31. The van der Waals surface area contributed by atoms with Crippen LogP contribution in [0.1, 0.15) is 18.0 Å². The molecule has 12 heteroatoms. The standard InChI is InChI=1S/C18H18ClN5O6/c19-10-1-3-12(4-2-10)29-9-11-7-24(22-21-11)15-16(27)13(8-25)30-17(15)23-6-5-14(26)20-18(23)28/h1-7,13,15-17,25,27H,8-9H2,(H,20,26,28)/t13-,15-,16-,17-/m1/s1. The maximum Gasteiger partial charge on any atom is 0.330 e. The minimum atomic E-state index is -1.18. The van der Waals surface area contributed by atoms with Gasteiger partial charge in [0.15, 0.2) is 6.23 Å². The van der Waals surface area contributed by atoms with Gasteiger partial charge in [0.25, 0.3) is 5.56 Å². The lowest BCUT2D eigenvalue weighted by Crippen LogP contribution is -2.36. The molecular formula is C18H18ClN5O6. The van der Waals surface area contributed by atoms with Gasteiger partial charge in [-0.05, 0) is 24.3 Å². The highest BCUT2D eigenvalue weighted by Gasteiger charge is 2.46. The number of aliphatic hydroxyl groups excluding tert-OH is 2. The largest absolute Gasteiger partial charge is 0.487 e. The van der Waals surface area contributed by atoms with Gasteiger partial charge in [-0.1, -0.05) is 16.8 Å². The van der Waals surface area contributed by atoms with E-state index < -0.39 is 42.3 Å². The van der Waals surface area contributed by atoms with E-state index in [0.717, 1.165) is 10.6 Å². The van der Waals surface area contributed by atoms with Gasteiger partial charge in [-0.25, -0.2) is 9.48 Å². The number of halogens is 1. The molecule has 1 aliphatic rings. The quantitative estimate of drug-likeness (QED) is 0.485. The van der Waals surface area contributed by atoms with Crippen molar-refractivity contribution >= 4 is 11.6 Å². The minimum absolute atomic E-state index is 0.109. The summed E-state index contributed by atoms with van der Waals surface area (Å²) in [6.07, 6.45) is -0.334. The molecule has 1 aromatic carbocycles.